The van der Waals surface area contributed by atoms with Crippen LogP contribution in [-0.2, 0) is 22.4 Å². The van der Waals surface area contributed by atoms with Crippen molar-refractivity contribution < 1.29 is 9.53 Å². The predicted octanol–water partition coefficient (Wildman–Crippen LogP) is 2.66. The number of hydrazone groups is 2. The standard InChI is InChI=1S/C19H16Cl2N4O2/c20-11-1-3-13-9(5-11)7-15(17(13)24-22)19(26)27-16-8-10-6-12(21)2-4-14(10)18(16)25-23/h1-6,15-16H,7-8,22-23H2/b24-17+,25-18+. The van der Waals surface area contributed by atoms with Crippen molar-refractivity contribution in [2.75, 3.05) is 0 Å². The van der Waals surface area contributed by atoms with Crippen LogP contribution >= 0.6 is 23.2 Å². The maximum absolute atomic E-state index is 12.9. The van der Waals surface area contributed by atoms with E-state index >= 15 is 0 Å². The Morgan fingerprint density at radius 1 is 0.926 bits per heavy atom. The Bertz CT molecular complexity index is 1000. The molecule has 2 aliphatic rings. The minimum Gasteiger partial charge on any atom is -0.455 e. The van der Waals surface area contributed by atoms with Crippen molar-refractivity contribution in [1.82, 2.24) is 0 Å². The molecule has 0 radical (unpaired) electrons. The van der Waals surface area contributed by atoms with Gasteiger partial charge in [0, 0.05) is 27.6 Å². The highest BCUT2D eigenvalue weighted by Gasteiger charge is 2.39. The molecule has 0 aliphatic heterocycles. The summed E-state index contributed by atoms with van der Waals surface area (Å²) in [5.41, 5.74) is 4.55. The van der Waals surface area contributed by atoms with Crippen molar-refractivity contribution in [2.45, 2.75) is 18.9 Å². The molecule has 2 aliphatic carbocycles. The Morgan fingerprint density at radius 3 is 2.07 bits per heavy atom. The van der Waals surface area contributed by atoms with Crippen molar-refractivity contribution in [3.05, 3.63) is 68.7 Å². The molecule has 0 amide bonds. The van der Waals surface area contributed by atoms with Gasteiger partial charge in [0.25, 0.3) is 0 Å². The average Bonchev–Trinajstić information content (AvgIpc) is 3.17. The second-order valence-electron chi connectivity index (χ2n) is 6.52. The summed E-state index contributed by atoms with van der Waals surface area (Å²) in [7, 11) is 0. The maximum Gasteiger partial charge on any atom is 0.316 e. The van der Waals surface area contributed by atoms with E-state index in [0.717, 1.165) is 22.3 Å². The summed E-state index contributed by atoms with van der Waals surface area (Å²) >= 11 is 12.1. The number of benzene rings is 2. The number of nitrogens with zero attached hydrogens (tertiary/aromatic N) is 2. The van der Waals surface area contributed by atoms with Crippen molar-refractivity contribution in [2.24, 2.45) is 27.8 Å². The first-order valence-electron chi connectivity index (χ1n) is 8.35. The number of rotatable bonds is 2. The third kappa shape index (κ3) is 3.05. The number of carbonyl (C=O) groups excluding carboxylic acids is 1. The molecule has 2 atom stereocenters. The molecule has 27 heavy (non-hydrogen) atoms. The van der Waals surface area contributed by atoms with Crippen LogP contribution in [0.1, 0.15) is 22.3 Å². The molecule has 2 aromatic carbocycles. The van der Waals surface area contributed by atoms with E-state index in [4.69, 9.17) is 39.6 Å². The number of carbonyl (C=O) groups is 1. The first-order valence-corrected chi connectivity index (χ1v) is 9.11. The highest BCUT2D eigenvalue weighted by molar-refractivity contribution is 6.31. The van der Waals surface area contributed by atoms with E-state index in [1.165, 1.54) is 0 Å². The van der Waals surface area contributed by atoms with Gasteiger partial charge in [0.05, 0.1) is 5.71 Å². The highest BCUT2D eigenvalue weighted by Crippen LogP contribution is 2.32. The summed E-state index contributed by atoms with van der Waals surface area (Å²) in [5, 5.41) is 8.87. The zero-order chi connectivity index (χ0) is 19.1. The number of halogens is 2. The average molecular weight is 403 g/mol. The van der Waals surface area contributed by atoms with Gasteiger partial charge in [0.2, 0.25) is 0 Å². The normalized spacial score (nSPS) is 23.5. The number of esters is 1. The third-order valence-electron chi connectivity index (χ3n) is 4.97. The van der Waals surface area contributed by atoms with E-state index in [0.29, 0.717) is 34.3 Å². The van der Waals surface area contributed by atoms with Gasteiger partial charge < -0.3 is 16.4 Å². The molecule has 0 saturated heterocycles. The lowest BCUT2D eigenvalue weighted by atomic mass is 10.0. The Kier molecular flexibility index (Phi) is 4.53. The van der Waals surface area contributed by atoms with Crippen LogP contribution in [0.25, 0.3) is 0 Å². The zero-order valence-electron chi connectivity index (χ0n) is 14.2. The van der Waals surface area contributed by atoms with Crippen LogP contribution in [0.5, 0.6) is 0 Å². The lowest BCUT2D eigenvalue weighted by Crippen LogP contribution is -2.32. The van der Waals surface area contributed by atoms with Gasteiger partial charge in [-0.05, 0) is 41.8 Å². The van der Waals surface area contributed by atoms with E-state index < -0.39 is 18.0 Å². The van der Waals surface area contributed by atoms with E-state index in [-0.39, 0.29) is 0 Å². The SMILES string of the molecule is N/N=C1\c2ccc(Cl)cc2CC1C(=O)OC1Cc2cc(Cl)ccc2/C1=N\N. The van der Waals surface area contributed by atoms with Gasteiger partial charge in [0.15, 0.2) is 6.10 Å². The van der Waals surface area contributed by atoms with Crippen LogP contribution < -0.4 is 11.7 Å². The molecule has 0 saturated carbocycles. The Hall–Kier alpha value is -2.57. The fourth-order valence-corrected chi connectivity index (χ4v) is 4.15. The monoisotopic (exact) mass is 402 g/mol. The molecular formula is C19H16Cl2N4O2. The van der Waals surface area contributed by atoms with Gasteiger partial charge in [-0.15, -0.1) is 0 Å². The van der Waals surface area contributed by atoms with Crippen LogP contribution in [0.15, 0.2) is 46.6 Å². The van der Waals surface area contributed by atoms with Crippen molar-refractivity contribution >= 4 is 40.6 Å². The maximum atomic E-state index is 12.9. The highest BCUT2D eigenvalue weighted by atomic mass is 35.5. The summed E-state index contributed by atoms with van der Waals surface area (Å²) in [4.78, 5) is 12.9. The van der Waals surface area contributed by atoms with E-state index in [2.05, 4.69) is 10.2 Å². The predicted molar refractivity (Wildman–Crippen MR) is 105 cm³/mol. The molecule has 0 aromatic heterocycles. The lowest BCUT2D eigenvalue weighted by molar-refractivity contribution is -0.148. The van der Waals surface area contributed by atoms with Gasteiger partial charge in [0.1, 0.15) is 11.6 Å². The second-order valence-corrected chi connectivity index (χ2v) is 7.39. The quantitative estimate of drug-likeness (QED) is 0.457. The molecular weight excluding hydrogens is 387 g/mol. The molecule has 4 rings (SSSR count). The topological polar surface area (TPSA) is 103 Å². The number of fused-ring (bicyclic) bond motifs is 2. The first-order chi connectivity index (χ1) is 13.0. The van der Waals surface area contributed by atoms with E-state index in [1.54, 1.807) is 12.1 Å². The van der Waals surface area contributed by atoms with E-state index in [9.17, 15) is 4.79 Å². The fourth-order valence-electron chi connectivity index (χ4n) is 3.76. The Morgan fingerprint density at radius 2 is 1.48 bits per heavy atom. The number of hydrogen-bond acceptors (Lipinski definition) is 6. The Balaban J connectivity index is 1.57. The lowest BCUT2D eigenvalue weighted by Gasteiger charge is -2.16. The van der Waals surface area contributed by atoms with Crippen LogP contribution in [0.2, 0.25) is 10.0 Å². The summed E-state index contributed by atoms with van der Waals surface area (Å²) in [5.74, 6) is 10.1. The Labute approximate surface area is 165 Å². The molecule has 0 bridgehead atoms. The van der Waals surface area contributed by atoms with Crippen LogP contribution in [0.3, 0.4) is 0 Å². The second kappa shape index (κ2) is 6.87. The van der Waals surface area contributed by atoms with Crippen molar-refractivity contribution in [1.29, 1.82) is 0 Å². The minimum atomic E-state index is -0.588. The molecule has 0 fully saturated rings. The molecule has 2 unspecified atom stereocenters. The fraction of sp³-hybridized carbons (Fsp3) is 0.211. The van der Waals surface area contributed by atoms with Crippen molar-refractivity contribution in [3.8, 4) is 0 Å². The van der Waals surface area contributed by atoms with Crippen LogP contribution in [0, 0.1) is 5.92 Å². The number of ether oxygens (including phenoxy) is 1. The summed E-state index contributed by atoms with van der Waals surface area (Å²) < 4.78 is 5.75. The molecule has 8 heteroatoms. The molecule has 0 spiro atoms. The smallest absolute Gasteiger partial charge is 0.316 e. The van der Waals surface area contributed by atoms with Crippen LogP contribution in [0.4, 0.5) is 0 Å². The summed E-state index contributed by atoms with van der Waals surface area (Å²) in [6.45, 7) is 0. The van der Waals surface area contributed by atoms with Gasteiger partial charge in [-0.2, -0.15) is 10.2 Å². The molecule has 138 valence electrons. The molecule has 2 aromatic rings. The minimum absolute atomic E-state index is 0.420. The van der Waals surface area contributed by atoms with E-state index in [1.807, 2.05) is 24.3 Å². The largest absolute Gasteiger partial charge is 0.455 e. The molecule has 0 heterocycles. The van der Waals surface area contributed by atoms with Gasteiger partial charge >= 0.3 is 5.97 Å². The molecule has 4 N–H and O–H groups in total. The van der Waals surface area contributed by atoms with Crippen molar-refractivity contribution in [3.63, 3.8) is 0 Å². The number of hydrogen-bond donors (Lipinski definition) is 2. The zero-order valence-corrected chi connectivity index (χ0v) is 15.7. The van der Waals surface area contributed by atoms with Crippen LogP contribution in [-0.4, -0.2) is 23.5 Å². The summed E-state index contributed by atoms with van der Waals surface area (Å²) in [6, 6.07) is 10.8. The van der Waals surface area contributed by atoms with Gasteiger partial charge in [-0.1, -0.05) is 35.3 Å². The summed E-state index contributed by atoms with van der Waals surface area (Å²) in [6.07, 6.45) is 0.339. The number of nitrogens with two attached hydrogens (primary N) is 2. The molecule has 6 nitrogen and oxygen atoms in total. The van der Waals surface area contributed by atoms with Gasteiger partial charge in [-0.3, -0.25) is 4.79 Å². The first kappa shape index (κ1) is 17.8. The van der Waals surface area contributed by atoms with Gasteiger partial charge in [-0.25, -0.2) is 0 Å². The third-order valence-corrected chi connectivity index (χ3v) is 5.44.